The molecule has 0 radical (unpaired) electrons. The largest absolute Gasteiger partial charge is 0.477 e. The van der Waals surface area contributed by atoms with Crippen LogP contribution in [0.4, 0.5) is 10.6 Å². The fourth-order valence-corrected chi connectivity index (χ4v) is 4.36. The van der Waals surface area contributed by atoms with E-state index in [1.807, 2.05) is 50.2 Å². The minimum atomic E-state index is -1.19. The van der Waals surface area contributed by atoms with E-state index in [0.717, 1.165) is 22.3 Å². The number of nitrogens with zero attached hydrogens (tertiary/aromatic N) is 2. The van der Waals surface area contributed by atoms with Gasteiger partial charge in [-0.05, 0) is 28.2 Å². The predicted octanol–water partition coefficient (Wildman–Crippen LogP) is 4.01. The molecule has 1 aliphatic rings. The molecule has 182 valence electrons. The first-order chi connectivity index (χ1) is 16.7. The van der Waals surface area contributed by atoms with E-state index < -0.39 is 24.0 Å². The maximum Gasteiger partial charge on any atom is 0.407 e. The zero-order valence-corrected chi connectivity index (χ0v) is 19.8. The smallest absolute Gasteiger partial charge is 0.407 e. The van der Waals surface area contributed by atoms with Crippen LogP contribution in [0, 0.1) is 5.92 Å². The highest BCUT2D eigenvalue weighted by Gasteiger charge is 2.30. The highest BCUT2D eigenvalue weighted by molar-refractivity contribution is 5.99. The van der Waals surface area contributed by atoms with Gasteiger partial charge in [0.25, 0.3) is 0 Å². The SMILES string of the molecule is CC(C)[C@@H](CC(=O)Nc1nn(C)cc1C(=O)O)NC(=O)OCC1c2ccccc2-c2ccccc21. The fourth-order valence-electron chi connectivity index (χ4n) is 4.36. The number of hydrogen-bond donors (Lipinski definition) is 3. The molecule has 0 fully saturated rings. The first-order valence-electron chi connectivity index (χ1n) is 11.4. The van der Waals surface area contributed by atoms with E-state index in [-0.39, 0.29) is 36.2 Å². The molecule has 0 unspecified atom stereocenters. The first-order valence-corrected chi connectivity index (χ1v) is 11.4. The molecular formula is C26H28N4O5. The zero-order chi connectivity index (χ0) is 25.1. The van der Waals surface area contributed by atoms with Gasteiger partial charge in [0.15, 0.2) is 5.82 Å². The Morgan fingerprint density at radius 2 is 1.66 bits per heavy atom. The second-order valence-corrected chi connectivity index (χ2v) is 8.94. The summed E-state index contributed by atoms with van der Waals surface area (Å²) in [5.41, 5.74) is 4.41. The van der Waals surface area contributed by atoms with Gasteiger partial charge in [0, 0.05) is 31.6 Å². The van der Waals surface area contributed by atoms with Gasteiger partial charge < -0.3 is 20.5 Å². The molecule has 3 aromatic rings. The Hall–Kier alpha value is -4.14. The summed E-state index contributed by atoms with van der Waals surface area (Å²) in [7, 11) is 1.57. The number of aromatic nitrogens is 2. The highest BCUT2D eigenvalue weighted by Crippen LogP contribution is 2.44. The summed E-state index contributed by atoms with van der Waals surface area (Å²) >= 11 is 0. The van der Waals surface area contributed by atoms with Gasteiger partial charge in [0.05, 0.1) is 0 Å². The maximum atomic E-state index is 12.7. The van der Waals surface area contributed by atoms with E-state index in [0.29, 0.717) is 0 Å². The standard InChI is InChI=1S/C26H28N4O5/c1-15(2)22(12-23(31)28-24-20(25(32)33)13-30(3)29-24)27-26(34)35-14-21-18-10-6-4-8-16(18)17-9-5-7-11-19(17)21/h4-11,13,15,21-22H,12,14H2,1-3H3,(H,27,34)(H,32,33)(H,28,29,31)/t22-/m1/s1. The minimum absolute atomic E-state index is 0.0337. The van der Waals surface area contributed by atoms with E-state index in [9.17, 15) is 19.5 Å². The lowest BCUT2D eigenvalue weighted by molar-refractivity contribution is -0.116. The van der Waals surface area contributed by atoms with Crippen molar-refractivity contribution in [1.82, 2.24) is 15.1 Å². The van der Waals surface area contributed by atoms with Crippen molar-refractivity contribution >= 4 is 23.8 Å². The Morgan fingerprint density at radius 1 is 1.06 bits per heavy atom. The monoisotopic (exact) mass is 476 g/mol. The van der Waals surface area contributed by atoms with Crippen molar-refractivity contribution in [1.29, 1.82) is 0 Å². The molecule has 0 aliphatic heterocycles. The number of carboxylic acid groups (broad SMARTS) is 1. The molecule has 1 aliphatic carbocycles. The van der Waals surface area contributed by atoms with Crippen molar-refractivity contribution in [3.8, 4) is 11.1 Å². The lowest BCUT2D eigenvalue weighted by Crippen LogP contribution is -2.41. The Balaban J connectivity index is 1.38. The van der Waals surface area contributed by atoms with E-state index in [1.54, 1.807) is 7.05 Å². The highest BCUT2D eigenvalue weighted by atomic mass is 16.5. The van der Waals surface area contributed by atoms with Gasteiger partial charge in [-0.25, -0.2) is 9.59 Å². The molecule has 1 aromatic heterocycles. The number of carbonyl (C=O) groups is 3. The van der Waals surface area contributed by atoms with Crippen molar-refractivity contribution in [2.75, 3.05) is 11.9 Å². The van der Waals surface area contributed by atoms with E-state index in [2.05, 4.69) is 27.9 Å². The Labute approximate surface area is 203 Å². The Morgan fingerprint density at radius 3 is 2.23 bits per heavy atom. The molecule has 2 aromatic carbocycles. The third-order valence-corrected chi connectivity index (χ3v) is 6.17. The van der Waals surface area contributed by atoms with Gasteiger partial charge in [0.1, 0.15) is 12.2 Å². The minimum Gasteiger partial charge on any atom is -0.477 e. The number of benzene rings is 2. The van der Waals surface area contributed by atoms with Crippen LogP contribution in [0.25, 0.3) is 11.1 Å². The van der Waals surface area contributed by atoms with Crippen molar-refractivity contribution in [3.63, 3.8) is 0 Å². The number of amides is 2. The van der Waals surface area contributed by atoms with Crippen LogP contribution in [0.5, 0.6) is 0 Å². The first kappa shape index (κ1) is 24.0. The topological polar surface area (TPSA) is 123 Å². The molecule has 9 nitrogen and oxygen atoms in total. The van der Waals surface area contributed by atoms with Crippen LogP contribution in [-0.4, -0.2) is 45.5 Å². The Kier molecular flexibility index (Phi) is 6.86. The number of rotatable bonds is 8. The maximum absolute atomic E-state index is 12.7. The van der Waals surface area contributed by atoms with Crippen LogP contribution < -0.4 is 10.6 Å². The number of aryl methyl sites for hydroxylation is 1. The lowest BCUT2D eigenvalue weighted by Gasteiger charge is -2.22. The molecule has 2 amide bonds. The molecule has 4 rings (SSSR count). The van der Waals surface area contributed by atoms with Gasteiger partial charge in [-0.15, -0.1) is 0 Å². The van der Waals surface area contributed by atoms with E-state index in [1.165, 1.54) is 10.9 Å². The van der Waals surface area contributed by atoms with E-state index >= 15 is 0 Å². The quantitative estimate of drug-likeness (QED) is 0.452. The third kappa shape index (κ3) is 5.18. The molecule has 0 saturated heterocycles. The van der Waals surface area contributed by atoms with Gasteiger partial charge in [-0.2, -0.15) is 5.10 Å². The molecule has 1 heterocycles. The Bertz CT molecular complexity index is 1220. The van der Waals surface area contributed by atoms with Crippen molar-refractivity contribution < 1.29 is 24.2 Å². The normalized spacial score (nSPS) is 13.1. The number of alkyl carbamates (subject to hydrolysis) is 1. The number of nitrogens with one attached hydrogen (secondary N) is 2. The summed E-state index contributed by atoms with van der Waals surface area (Å²) in [6.45, 7) is 3.93. The van der Waals surface area contributed by atoms with Crippen LogP contribution >= 0.6 is 0 Å². The van der Waals surface area contributed by atoms with Gasteiger partial charge in [0.2, 0.25) is 5.91 Å². The molecule has 35 heavy (non-hydrogen) atoms. The molecule has 3 N–H and O–H groups in total. The summed E-state index contributed by atoms with van der Waals surface area (Å²) in [6.07, 6.45) is 0.645. The molecule has 0 spiro atoms. The van der Waals surface area contributed by atoms with Crippen LogP contribution in [-0.2, 0) is 16.6 Å². The van der Waals surface area contributed by atoms with Crippen molar-refractivity contribution in [2.24, 2.45) is 13.0 Å². The molecule has 9 heteroatoms. The second kappa shape index (κ2) is 10.0. The van der Waals surface area contributed by atoms with Gasteiger partial charge in [-0.1, -0.05) is 62.4 Å². The summed E-state index contributed by atoms with van der Waals surface area (Å²) in [4.78, 5) is 36.6. The number of carboxylic acids is 1. The summed E-state index contributed by atoms with van der Waals surface area (Å²) < 4.78 is 6.91. The summed E-state index contributed by atoms with van der Waals surface area (Å²) in [6, 6.07) is 15.7. The van der Waals surface area contributed by atoms with Crippen molar-refractivity contribution in [3.05, 3.63) is 71.4 Å². The average molecular weight is 477 g/mol. The fraction of sp³-hybridized carbons (Fsp3) is 0.308. The molecule has 0 saturated carbocycles. The molecule has 0 bridgehead atoms. The average Bonchev–Trinajstić information content (AvgIpc) is 3.34. The van der Waals surface area contributed by atoms with Crippen LogP contribution in [0.1, 0.15) is 47.7 Å². The molecule has 1 atom stereocenters. The van der Waals surface area contributed by atoms with Crippen LogP contribution in [0.15, 0.2) is 54.7 Å². The molecular weight excluding hydrogens is 448 g/mol. The number of carbonyl (C=O) groups excluding carboxylic acids is 2. The number of aromatic carboxylic acids is 1. The second-order valence-electron chi connectivity index (χ2n) is 8.94. The van der Waals surface area contributed by atoms with Crippen LogP contribution in [0.3, 0.4) is 0 Å². The third-order valence-electron chi connectivity index (χ3n) is 6.17. The predicted molar refractivity (Wildman–Crippen MR) is 130 cm³/mol. The number of anilines is 1. The zero-order valence-electron chi connectivity index (χ0n) is 19.8. The number of fused-ring (bicyclic) bond motifs is 3. The summed E-state index contributed by atoms with van der Waals surface area (Å²) in [5.74, 6) is -1.81. The van der Waals surface area contributed by atoms with Crippen LogP contribution in [0.2, 0.25) is 0 Å². The lowest BCUT2D eigenvalue weighted by atomic mass is 9.98. The summed E-state index contributed by atoms with van der Waals surface area (Å²) in [5, 5.41) is 18.6. The van der Waals surface area contributed by atoms with Gasteiger partial charge >= 0.3 is 12.1 Å². The number of ether oxygens (including phenoxy) is 1. The van der Waals surface area contributed by atoms with Gasteiger partial charge in [-0.3, -0.25) is 9.48 Å². The number of hydrogen-bond acceptors (Lipinski definition) is 5. The van der Waals surface area contributed by atoms with Crippen molar-refractivity contribution in [2.45, 2.75) is 32.2 Å². The van der Waals surface area contributed by atoms with E-state index in [4.69, 9.17) is 4.74 Å².